The number of carboxylic acids is 1. The van der Waals surface area contributed by atoms with Gasteiger partial charge in [-0.05, 0) is 48.0 Å². The Morgan fingerprint density at radius 2 is 1.67 bits per heavy atom. The Kier molecular flexibility index (Phi) is 4.26. The van der Waals surface area contributed by atoms with Crippen molar-refractivity contribution in [3.05, 3.63) is 64.3 Å². The average Bonchev–Trinajstić information content (AvgIpc) is 2.86. The van der Waals surface area contributed by atoms with Gasteiger partial charge in [0.05, 0.1) is 5.69 Å². The molecular weight excluding hydrogens is 349 g/mol. The van der Waals surface area contributed by atoms with Gasteiger partial charge in [-0.25, -0.2) is 4.79 Å². The number of benzene rings is 2. The SMILES string of the molecule is Cn1c(C(=O)O)cc(-c2ccc(Cl)cc2Cl)c1-c1ccc(O)cc1. The molecule has 4 nitrogen and oxygen atoms in total. The molecule has 1 heterocycles. The summed E-state index contributed by atoms with van der Waals surface area (Å²) in [4.78, 5) is 11.5. The second kappa shape index (κ2) is 6.23. The fourth-order valence-electron chi connectivity index (χ4n) is 2.69. The monoisotopic (exact) mass is 361 g/mol. The lowest BCUT2D eigenvalue weighted by molar-refractivity contribution is 0.0686. The van der Waals surface area contributed by atoms with Crippen LogP contribution in [0.3, 0.4) is 0 Å². The summed E-state index contributed by atoms with van der Waals surface area (Å²) in [6.07, 6.45) is 0. The van der Waals surface area contributed by atoms with Gasteiger partial charge in [0, 0.05) is 28.2 Å². The van der Waals surface area contributed by atoms with Crippen LogP contribution in [0.4, 0.5) is 0 Å². The largest absolute Gasteiger partial charge is 0.508 e. The molecule has 6 heteroatoms. The number of carboxylic acid groups (broad SMARTS) is 1. The molecule has 2 N–H and O–H groups in total. The summed E-state index contributed by atoms with van der Waals surface area (Å²) in [5.74, 6) is -0.897. The summed E-state index contributed by atoms with van der Waals surface area (Å²) in [6.45, 7) is 0. The minimum Gasteiger partial charge on any atom is -0.508 e. The maximum absolute atomic E-state index is 11.5. The number of phenolic OH excluding ortho intramolecular Hbond substituents is 1. The smallest absolute Gasteiger partial charge is 0.352 e. The van der Waals surface area contributed by atoms with E-state index in [4.69, 9.17) is 23.2 Å². The van der Waals surface area contributed by atoms with Gasteiger partial charge in [-0.2, -0.15) is 0 Å². The molecular formula is C18H13Cl2NO3. The highest BCUT2D eigenvalue weighted by Crippen LogP contribution is 2.39. The molecule has 0 saturated heterocycles. The quantitative estimate of drug-likeness (QED) is 0.684. The second-order valence-corrected chi connectivity index (χ2v) is 6.17. The lowest BCUT2D eigenvalue weighted by Crippen LogP contribution is -2.05. The number of aromatic carboxylic acids is 1. The van der Waals surface area contributed by atoms with E-state index in [1.54, 1.807) is 60.1 Å². The standard InChI is InChI=1S/C18H13Cl2NO3/c1-21-16(18(23)24)9-14(13-7-4-11(19)8-15(13)20)17(21)10-2-5-12(22)6-3-10/h2-9,22H,1H3,(H,23,24). The third-order valence-corrected chi connectivity index (χ3v) is 4.36. The lowest BCUT2D eigenvalue weighted by atomic mass is 10.0. The molecule has 0 unspecified atom stereocenters. The molecule has 0 bridgehead atoms. The number of halogens is 2. The van der Waals surface area contributed by atoms with Crippen molar-refractivity contribution >= 4 is 29.2 Å². The van der Waals surface area contributed by atoms with Crippen LogP contribution < -0.4 is 0 Å². The molecule has 0 aliphatic rings. The summed E-state index contributed by atoms with van der Waals surface area (Å²) >= 11 is 12.3. The molecule has 1 aromatic heterocycles. The fourth-order valence-corrected chi connectivity index (χ4v) is 3.20. The van der Waals surface area contributed by atoms with Crippen molar-refractivity contribution in [1.29, 1.82) is 0 Å². The Morgan fingerprint density at radius 1 is 1.00 bits per heavy atom. The lowest BCUT2D eigenvalue weighted by Gasteiger charge is -2.10. The van der Waals surface area contributed by atoms with Crippen LogP contribution in [-0.2, 0) is 7.05 Å². The van der Waals surface area contributed by atoms with Gasteiger partial charge in [-0.1, -0.05) is 29.3 Å². The van der Waals surface area contributed by atoms with Crippen LogP contribution in [0.25, 0.3) is 22.4 Å². The molecule has 3 rings (SSSR count). The number of hydrogen-bond donors (Lipinski definition) is 2. The highest BCUT2D eigenvalue weighted by atomic mass is 35.5. The number of phenols is 1. The first kappa shape index (κ1) is 16.4. The molecule has 0 amide bonds. The summed E-state index contributed by atoms with van der Waals surface area (Å²) in [6, 6.07) is 13.2. The highest BCUT2D eigenvalue weighted by molar-refractivity contribution is 6.36. The summed E-state index contributed by atoms with van der Waals surface area (Å²) in [5.41, 5.74) is 2.97. The summed E-state index contributed by atoms with van der Waals surface area (Å²) in [5, 5.41) is 19.9. The first-order valence-electron chi connectivity index (χ1n) is 7.06. The van der Waals surface area contributed by atoms with E-state index < -0.39 is 5.97 Å². The van der Waals surface area contributed by atoms with Crippen molar-refractivity contribution in [3.8, 4) is 28.1 Å². The Bertz CT molecular complexity index is 930. The minimum atomic E-state index is -1.03. The molecule has 2 aromatic carbocycles. The topological polar surface area (TPSA) is 62.5 Å². The van der Waals surface area contributed by atoms with Crippen molar-refractivity contribution in [2.45, 2.75) is 0 Å². The van der Waals surface area contributed by atoms with Crippen LogP contribution >= 0.6 is 23.2 Å². The van der Waals surface area contributed by atoms with E-state index in [-0.39, 0.29) is 11.4 Å². The summed E-state index contributed by atoms with van der Waals surface area (Å²) < 4.78 is 1.59. The fraction of sp³-hybridized carbons (Fsp3) is 0.0556. The third kappa shape index (κ3) is 2.86. The van der Waals surface area contributed by atoms with E-state index in [1.807, 2.05) is 0 Å². The van der Waals surface area contributed by atoms with E-state index >= 15 is 0 Å². The average molecular weight is 362 g/mol. The van der Waals surface area contributed by atoms with E-state index in [1.165, 1.54) is 0 Å². The maximum atomic E-state index is 11.5. The molecule has 0 fully saturated rings. The molecule has 0 aliphatic carbocycles. The Morgan fingerprint density at radius 3 is 2.25 bits per heavy atom. The molecule has 0 atom stereocenters. The third-order valence-electron chi connectivity index (χ3n) is 3.81. The van der Waals surface area contributed by atoms with Gasteiger partial charge in [0.25, 0.3) is 0 Å². The number of hydrogen-bond acceptors (Lipinski definition) is 2. The Hall–Kier alpha value is -2.43. The predicted molar refractivity (Wildman–Crippen MR) is 94.9 cm³/mol. The van der Waals surface area contributed by atoms with Crippen LogP contribution in [0.5, 0.6) is 5.75 Å². The van der Waals surface area contributed by atoms with E-state index in [9.17, 15) is 15.0 Å². The van der Waals surface area contributed by atoms with Crippen LogP contribution in [0, 0.1) is 0 Å². The van der Waals surface area contributed by atoms with Gasteiger partial charge in [0.15, 0.2) is 0 Å². The Balaban J connectivity index is 2.30. The number of nitrogens with zero attached hydrogens (tertiary/aromatic N) is 1. The van der Waals surface area contributed by atoms with Gasteiger partial charge < -0.3 is 14.8 Å². The molecule has 3 aromatic rings. The minimum absolute atomic E-state index is 0.137. The van der Waals surface area contributed by atoms with Gasteiger partial charge in [0.1, 0.15) is 11.4 Å². The van der Waals surface area contributed by atoms with Crippen LogP contribution in [0.1, 0.15) is 10.5 Å². The van der Waals surface area contributed by atoms with Crippen molar-refractivity contribution in [2.75, 3.05) is 0 Å². The van der Waals surface area contributed by atoms with Crippen molar-refractivity contribution < 1.29 is 15.0 Å². The normalized spacial score (nSPS) is 10.8. The van der Waals surface area contributed by atoms with Gasteiger partial charge >= 0.3 is 5.97 Å². The molecule has 122 valence electrons. The van der Waals surface area contributed by atoms with Crippen molar-refractivity contribution in [2.24, 2.45) is 7.05 Å². The molecule has 0 spiro atoms. The van der Waals surface area contributed by atoms with Crippen LogP contribution in [0.2, 0.25) is 10.0 Å². The summed E-state index contributed by atoms with van der Waals surface area (Å²) in [7, 11) is 1.68. The van der Waals surface area contributed by atoms with Gasteiger partial charge in [-0.15, -0.1) is 0 Å². The zero-order valence-electron chi connectivity index (χ0n) is 12.6. The van der Waals surface area contributed by atoms with Gasteiger partial charge in [-0.3, -0.25) is 0 Å². The van der Waals surface area contributed by atoms with Crippen LogP contribution in [0.15, 0.2) is 48.5 Å². The number of aromatic hydroxyl groups is 1. The Labute approximate surface area is 148 Å². The zero-order chi connectivity index (χ0) is 17.4. The maximum Gasteiger partial charge on any atom is 0.352 e. The van der Waals surface area contributed by atoms with E-state index in [0.29, 0.717) is 26.9 Å². The van der Waals surface area contributed by atoms with E-state index in [2.05, 4.69) is 0 Å². The molecule has 0 saturated carbocycles. The van der Waals surface area contributed by atoms with E-state index in [0.717, 1.165) is 5.56 Å². The van der Waals surface area contributed by atoms with Gasteiger partial charge in [0.2, 0.25) is 0 Å². The molecule has 0 radical (unpaired) electrons. The van der Waals surface area contributed by atoms with Crippen molar-refractivity contribution in [1.82, 2.24) is 4.57 Å². The first-order valence-corrected chi connectivity index (χ1v) is 7.82. The van der Waals surface area contributed by atoms with Crippen molar-refractivity contribution in [3.63, 3.8) is 0 Å². The number of aromatic nitrogens is 1. The highest BCUT2D eigenvalue weighted by Gasteiger charge is 2.21. The first-order chi connectivity index (χ1) is 11.4. The molecule has 0 aliphatic heterocycles. The number of carbonyl (C=O) groups is 1. The second-order valence-electron chi connectivity index (χ2n) is 5.33. The number of rotatable bonds is 3. The molecule has 24 heavy (non-hydrogen) atoms. The predicted octanol–water partition coefficient (Wildman–Crippen LogP) is 5.07. The van der Waals surface area contributed by atoms with Crippen LogP contribution in [-0.4, -0.2) is 20.7 Å². The zero-order valence-corrected chi connectivity index (χ0v) is 14.1.